The first-order chi connectivity index (χ1) is 15.0. The lowest BCUT2D eigenvalue weighted by Gasteiger charge is -2.31. The van der Waals surface area contributed by atoms with Gasteiger partial charge < -0.3 is 9.64 Å². The van der Waals surface area contributed by atoms with Crippen molar-refractivity contribution in [2.24, 2.45) is 5.92 Å². The number of rotatable bonds is 6. The van der Waals surface area contributed by atoms with Gasteiger partial charge in [-0.1, -0.05) is 23.7 Å². The van der Waals surface area contributed by atoms with Crippen LogP contribution in [0.15, 0.2) is 53.3 Å². The highest BCUT2D eigenvalue weighted by Gasteiger charge is 2.25. The zero-order chi connectivity index (χ0) is 21.8. The van der Waals surface area contributed by atoms with Gasteiger partial charge in [-0.2, -0.15) is 5.10 Å². The van der Waals surface area contributed by atoms with Gasteiger partial charge in [-0.3, -0.25) is 4.79 Å². The molecule has 3 aromatic rings. The molecule has 7 nitrogen and oxygen atoms in total. The van der Waals surface area contributed by atoms with Gasteiger partial charge >= 0.3 is 5.69 Å². The summed E-state index contributed by atoms with van der Waals surface area (Å²) in [6.07, 6.45) is 2.06. The molecule has 31 heavy (non-hydrogen) atoms. The molecule has 2 heterocycles. The highest BCUT2D eigenvalue weighted by atomic mass is 35.5. The third kappa shape index (κ3) is 4.96. The number of carbonyl (C=O) groups excluding carboxylic acids is 1. The Morgan fingerprint density at radius 3 is 2.58 bits per heavy atom. The number of nitrogens with zero attached hydrogens (tertiary/aromatic N) is 3. The maximum atomic E-state index is 14.2. The Morgan fingerprint density at radius 1 is 1.16 bits per heavy atom. The summed E-state index contributed by atoms with van der Waals surface area (Å²) < 4.78 is 21.0. The first-order valence-corrected chi connectivity index (χ1v) is 10.5. The number of benzene rings is 2. The second-order valence-electron chi connectivity index (χ2n) is 7.50. The normalized spacial score (nSPS) is 14.6. The molecule has 2 aromatic carbocycles. The first-order valence-electron chi connectivity index (χ1n) is 10.1. The maximum absolute atomic E-state index is 14.2. The van der Waals surface area contributed by atoms with Crippen LogP contribution in [-0.2, 0) is 11.2 Å². The van der Waals surface area contributed by atoms with Crippen molar-refractivity contribution in [2.45, 2.75) is 19.3 Å². The molecule has 0 atom stereocenters. The Kier molecular flexibility index (Phi) is 6.36. The molecular formula is C22H22ClFN4O3. The van der Waals surface area contributed by atoms with Crippen molar-refractivity contribution in [1.29, 1.82) is 0 Å². The molecule has 1 aliphatic rings. The SMILES string of the molecule is O=C(COc1ccc(Cl)cc1)N1CCC(Cc2n[nH]c(=O)n2-c2ccccc2F)CC1. The van der Waals surface area contributed by atoms with Crippen molar-refractivity contribution in [3.05, 3.63) is 75.7 Å². The van der Waals surface area contributed by atoms with Crippen molar-refractivity contribution >= 4 is 17.5 Å². The molecule has 1 amide bonds. The second-order valence-corrected chi connectivity index (χ2v) is 7.94. The number of carbonyl (C=O) groups is 1. The van der Waals surface area contributed by atoms with E-state index >= 15 is 0 Å². The van der Waals surface area contributed by atoms with Gasteiger partial charge in [0.05, 0.1) is 5.69 Å². The molecule has 1 fully saturated rings. The number of hydrogen-bond donors (Lipinski definition) is 1. The van der Waals surface area contributed by atoms with E-state index in [0.717, 1.165) is 12.8 Å². The van der Waals surface area contributed by atoms with Crippen molar-refractivity contribution in [3.63, 3.8) is 0 Å². The van der Waals surface area contributed by atoms with Crippen LogP contribution in [0.1, 0.15) is 18.7 Å². The van der Waals surface area contributed by atoms with E-state index in [2.05, 4.69) is 10.2 Å². The number of hydrogen-bond acceptors (Lipinski definition) is 4. The molecule has 9 heteroatoms. The molecule has 0 spiro atoms. The molecule has 1 N–H and O–H groups in total. The van der Waals surface area contributed by atoms with Crippen LogP contribution in [0.2, 0.25) is 5.02 Å². The van der Waals surface area contributed by atoms with Crippen molar-refractivity contribution in [1.82, 2.24) is 19.7 Å². The summed E-state index contributed by atoms with van der Waals surface area (Å²) >= 11 is 5.85. The molecule has 1 aliphatic heterocycles. The molecule has 0 aliphatic carbocycles. The van der Waals surface area contributed by atoms with E-state index in [1.54, 1.807) is 47.4 Å². The van der Waals surface area contributed by atoms with E-state index in [-0.39, 0.29) is 24.1 Å². The number of amides is 1. The first kappa shape index (κ1) is 21.1. The fourth-order valence-corrected chi connectivity index (χ4v) is 3.89. The summed E-state index contributed by atoms with van der Waals surface area (Å²) in [6, 6.07) is 13.0. The molecule has 1 aromatic heterocycles. The summed E-state index contributed by atoms with van der Waals surface area (Å²) in [5, 5.41) is 7.13. The number of para-hydroxylation sites is 1. The minimum absolute atomic E-state index is 0.0293. The van der Waals surface area contributed by atoms with Gasteiger partial charge in [-0.25, -0.2) is 18.9 Å². The largest absolute Gasteiger partial charge is 0.484 e. The lowest BCUT2D eigenvalue weighted by molar-refractivity contribution is -0.134. The second kappa shape index (κ2) is 9.34. The average Bonchev–Trinajstić information content (AvgIpc) is 3.14. The van der Waals surface area contributed by atoms with Crippen LogP contribution in [0.3, 0.4) is 0 Å². The smallest absolute Gasteiger partial charge is 0.348 e. The summed E-state index contributed by atoms with van der Waals surface area (Å²) in [5.74, 6) is 0.773. The van der Waals surface area contributed by atoms with E-state index < -0.39 is 11.5 Å². The molecule has 1 saturated heterocycles. The average molecular weight is 445 g/mol. The van der Waals surface area contributed by atoms with Crippen LogP contribution >= 0.6 is 11.6 Å². The zero-order valence-corrected chi connectivity index (χ0v) is 17.5. The Hall–Kier alpha value is -3.13. The van der Waals surface area contributed by atoms with E-state index in [9.17, 15) is 14.0 Å². The predicted octanol–water partition coefficient (Wildman–Crippen LogP) is 3.21. The Labute approximate surface area is 183 Å². The van der Waals surface area contributed by atoms with E-state index in [1.807, 2.05) is 0 Å². The van der Waals surface area contributed by atoms with Crippen LogP contribution in [0.4, 0.5) is 4.39 Å². The molecule has 162 valence electrons. The monoisotopic (exact) mass is 444 g/mol. The van der Waals surface area contributed by atoms with Crippen LogP contribution in [0.25, 0.3) is 5.69 Å². The highest BCUT2D eigenvalue weighted by molar-refractivity contribution is 6.30. The number of halogens is 2. The third-order valence-corrected chi connectivity index (χ3v) is 5.70. The standard InChI is InChI=1S/C22H22ClFN4O3/c23-16-5-7-17(8-6-16)31-14-21(29)27-11-9-15(10-12-27)13-20-25-26-22(30)28(20)19-4-2-1-3-18(19)24/h1-8,15H,9-14H2,(H,26,30). The summed E-state index contributed by atoms with van der Waals surface area (Å²) in [7, 11) is 0. The Bertz CT molecular complexity index is 1100. The van der Waals surface area contributed by atoms with Crippen LogP contribution < -0.4 is 10.4 Å². The van der Waals surface area contributed by atoms with Crippen LogP contribution in [0.5, 0.6) is 5.75 Å². The van der Waals surface area contributed by atoms with Gasteiger partial charge in [0.1, 0.15) is 17.4 Å². The van der Waals surface area contributed by atoms with Gasteiger partial charge in [-0.15, -0.1) is 0 Å². The Morgan fingerprint density at radius 2 is 1.87 bits per heavy atom. The van der Waals surface area contributed by atoms with Gasteiger partial charge in [0.15, 0.2) is 6.61 Å². The van der Waals surface area contributed by atoms with Gasteiger partial charge in [0.25, 0.3) is 5.91 Å². The van der Waals surface area contributed by atoms with Gasteiger partial charge in [0, 0.05) is 24.5 Å². The van der Waals surface area contributed by atoms with Gasteiger partial charge in [-0.05, 0) is 55.2 Å². The highest BCUT2D eigenvalue weighted by Crippen LogP contribution is 2.23. The van der Waals surface area contributed by atoms with Gasteiger partial charge in [0.2, 0.25) is 0 Å². The number of piperidine rings is 1. The third-order valence-electron chi connectivity index (χ3n) is 5.45. The minimum atomic E-state index is -0.478. The molecule has 0 unspecified atom stereocenters. The number of aromatic nitrogens is 3. The van der Waals surface area contributed by atoms with Crippen LogP contribution in [0, 0.1) is 11.7 Å². The summed E-state index contributed by atoms with van der Waals surface area (Å²) in [5.41, 5.74) is -0.282. The Balaban J connectivity index is 1.33. The maximum Gasteiger partial charge on any atom is 0.348 e. The summed E-state index contributed by atoms with van der Waals surface area (Å²) in [4.78, 5) is 26.4. The van der Waals surface area contributed by atoms with Crippen LogP contribution in [-0.4, -0.2) is 45.3 Å². The number of ether oxygens (including phenoxy) is 1. The molecule has 0 bridgehead atoms. The summed E-state index contributed by atoms with van der Waals surface area (Å²) in [6.45, 7) is 1.17. The zero-order valence-electron chi connectivity index (χ0n) is 16.8. The predicted molar refractivity (Wildman–Crippen MR) is 114 cm³/mol. The topological polar surface area (TPSA) is 80.2 Å². The fourth-order valence-electron chi connectivity index (χ4n) is 3.76. The quantitative estimate of drug-likeness (QED) is 0.633. The van der Waals surface area contributed by atoms with E-state index in [4.69, 9.17) is 16.3 Å². The number of H-pyrrole nitrogens is 1. The van der Waals surface area contributed by atoms with Crippen molar-refractivity contribution in [2.75, 3.05) is 19.7 Å². The molecule has 0 radical (unpaired) electrons. The van der Waals surface area contributed by atoms with Crippen molar-refractivity contribution < 1.29 is 13.9 Å². The lowest BCUT2D eigenvalue weighted by atomic mass is 9.93. The van der Waals surface area contributed by atoms with Crippen molar-refractivity contribution in [3.8, 4) is 11.4 Å². The minimum Gasteiger partial charge on any atom is -0.484 e. The lowest BCUT2D eigenvalue weighted by Crippen LogP contribution is -2.41. The number of likely N-dealkylation sites (tertiary alicyclic amines) is 1. The fraction of sp³-hybridized carbons (Fsp3) is 0.318. The molecular weight excluding hydrogens is 423 g/mol. The van der Waals surface area contributed by atoms with E-state index in [0.29, 0.717) is 36.1 Å². The molecule has 0 saturated carbocycles. The van der Waals surface area contributed by atoms with E-state index in [1.165, 1.54) is 10.6 Å². The number of aromatic amines is 1. The molecule has 4 rings (SSSR count). The number of nitrogens with one attached hydrogen (secondary N) is 1.